The van der Waals surface area contributed by atoms with Gasteiger partial charge in [0.1, 0.15) is 6.04 Å². The normalized spacial score (nSPS) is 25.3. The zero-order chi connectivity index (χ0) is 9.14. The van der Waals surface area contributed by atoms with Gasteiger partial charge in [-0.3, -0.25) is 4.79 Å². The van der Waals surface area contributed by atoms with Gasteiger partial charge in [-0.2, -0.15) is 0 Å². The van der Waals surface area contributed by atoms with Gasteiger partial charge in [-0.05, 0) is 6.82 Å². The van der Waals surface area contributed by atoms with Crippen molar-refractivity contribution in [1.82, 2.24) is 10.1 Å². The molecule has 0 amide bonds. The summed E-state index contributed by atoms with van der Waals surface area (Å²) in [5.41, 5.74) is 0. The van der Waals surface area contributed by atoms with Crippen LogP contribution in [0.5, 0.6) is 0 Å². The number of hydrogen-bond donors (Lipinski definition) is 3. The lowest BCUT2D eigenvalue weighted by molar-refractivity contribution is -0.142. The Morgan fingerprint density at radius 1 is 1.75 bits per heavy atom. The minimum Gasteiger partial charge on any atom is -0.480 e. The van der Waals surface area contributed by atoms with Gasteiger partial charge in [-0.25, -0.2) is 0 Å². The molecule has 0 spiro atoms. The molecular weight excluding hydrogens is 159 g/mol. The van der Waals surface area contributed by atoms with Crippen LogP contribution in [-0.2, 0) is 4.79 Å². The van der Waals surface area contributed by atoms with E-state index in [0.717, 1.165) is 6.54 Å². The number of rotatable bonds is 2. The first kappa shape index (κ1) is 9.50. The van der Waals surface area contributed by atoms with E-state index in [4.69, 9.17) is 5.11 Å². The number of hydrogen-bond acceptors (Lipinski definition) is 4. The van der Waals surface area contributed by atoms with E-state index < -0.39 is 19.1 Å². The largest absolute Gasteiger partial charge is 0.480 e. The summed E-state index contributed by atoms with van der Waals surface area (Å²) in [6, 6.07) is -0.598. The molecule has 0 aromatic heterocycles. The van der Waals surface area contributed by atoms with Crippen LogP contribution in [0.1, 0.15) is 0 Å². The Bertz CT molecular complexity index is 176. The third-order valence-corrected chi connectivity index (χ3v) is 2.05. The van der Waals surface area contributed by atoms with Crippen LogP contribution in [0.2, 0.25) is 6.82 Å². The molecule has 5 nitrogen and oxygen atoms in total. The van der Waals surface area contributed by atoms with Gasteiger partial charge in [0.15, 0.2) is 0 Å². The Labute approximate surface area is 71.5 Å². The Balaban J connectivity index is 2.60. The minimum absolute atomic E-state index is 0.403. The number of carbonyl (C=O) groups is 1. The van der Waals surface area contributed by atoms with E-state index in [2.05, 4.69) is 5.32 Å². The van der Waals surface area contributed by atoms with Crippen molar-refractivity contribution in [1.29, 1.82) is 0 Å². The summed E-state index contributed by atoms with van der Waals surface area (Å²) in [5.74, 6) is -0.886. The second kappa shape index (κ2) is 3.89. The van der Waals surface area contributed by atoms with E-state index >= 15 is 0 Å². The Hall–Kier alpha value is -0.585. The fourth-order valence-corrected chi connectivity index (χ4v) is 1.40. The van der Waals surface area contributed by atoms with Crippen molar-refractivity contribution in [2.24, 2.45) is 0 Å². The maximum Gasteiger partial charge on any atom is 0.377 e. The summed E-state index contributed by atoms with van der Waals surface area (Å²) in [6.45, 7) is 3.30. The van der Waals surface area contributed by atoms with E-state index in [9.17, 15) is 9.82 Å². The quantitative estimate of drug-likeness (QED) is 0.440. The van der Waals surface area contributed by atoms with E-state index in [0.29, 0.717) is 13.1 Å². The number of nitrogens with one attached hydrogen (secondary N) is 1. The van der Waals surface area contributed by atoms with E-state index in [1.165, 1.54) is 0 Å². The highest BCUT2D eigenvalue weighted by Crippen LogP contribution is 2.04. The van der Waals surface area contributed by atoms with Gasteiger partial charge in [-0.1, -0.05) is 0 Å². The van der Waals surface area contributed by atoms with Crippen LogP contribution in [-0.4, -0.2) is 53.6 Å². The number of aliphatic carboxylic acids is 1. The lowest BCUT2D eigenvalue weighted by Gasteiger charge is -2.34. The highest BCUT2D eigenvalue weighted by atomic mass is 16.4. The standard InChI is InChI=1S/C6H13BN2O3/c1-7(12)9-3-2-8-4-5(9)6(10)11/h5,8,12H,2-4H2,1H3,(H,10,11). The summed E-state index contributed by atoms with van der Waals surface area (Å²) in [6.07, 6.45) is 0. The summed E-state index contributed by atoms with van der Waals surface area (Å²) < 4.78 is 0. The first-order chi connectivity index (χ1) is 5.63. The first-order valence-corrected chi connectivity index (χ1v) is 4.00. The second-order valence-corrected chi connectivity index (χ2v) is 2.93. The van der Waals surface area contributed by atoms with Gasteiger partial charge in [0.25, 0.3) is 0 Å². The maximum atomic E-state index is 10.7. The van der Waals surface area contributed by atoms with Crippen molar-refractivity contribution >= 4 is 13.0 Å². The molecule has 6 heteroatoms. The molecule has 0 aromatic carbocycles. The first-order valence-electron chi connectivity index (χ1n) is 4.00. The molecule has 1 fully saturated rings. The number of carboxylic acid groups (broad SMARTS) is 1. The van der Waals surface area contributed by atoms with Crippen LogP contribution in [0.25, 0.3) is 0 Å². The van der Waals surface area contributed by atoms with Crippen molar-refractivity contribution in [2.75, 3.05) is 19.6 Å². The maximum absolute atomic E-state index is 10.7. The predicted molar refractivity (Wildman–Crippen MR) is 44.8 cm³/mol. The smallest absolute Gasteiger partial charge is 0.377 e. The molecule has 1 heterocycles. The summed E-state index contributed by atoms with van der Waals surface area (Å²) in [4.78, 5) is 12.2. The minimum atomic E-state index is -0.886. The van der Waals surface area contributed by atoms with E-state index in [-0.39, 0.29) is 0 Å². The molecule has 1 unspecified atom stereocenters. The molecule has 0 radical (unpaired) electrons. The van der Waals surface area contributed by atoms with Crippen molar-refractivity contribution < 1.29 is 14.9 Å². The molecule has 0 aliphatic carbocycles. The van der Waals surface area contributed by atoms with Crippen LogP contribution in [0.15, 0.2) is 0 Å². The lowest BCUT2D eigenvalue weighted by atomic mass is 9.82. The summed E-state index contributed by atoms with van der Waals surface area (Å²) in [7, 11) is -0.687. The Morgan fingerprint density at radius 3 is 2.83 bits per heavy atom. The molecule has 1 rings (SSSR count). The average molecular weight is 172 g/mol. The molecule has 1 atom stereocenters. The van der Waals surface area contributed by atoms with Gasteiger partial charge in [0, 0.05) is 19.6 Å². The average Bonchev–Trinajstić information content (AvgIpc) is 2.04. The van der Waals surface area contributed by atoms with Gasteiger partial charge in [-0.15, -0.1) is 0 Å². The van der Waals surface area contributed by atoms with Crippen molar-refractivity contribution in [3.63, 3.8) is 0 Å². The predicted octanol–water partition coefficient (Wildman–Crippen LogP) is -1.54. The molecule has 3 N–H and O–H groups in total. The SMILES string of the molecule is CB(O)N1CCNCC1C(=O)O. The fourth-order valence-electron chi connectivity index (χ4n) is 1.40. The molecule has 68 valence electrons. The van der Waals surface area contributed by atoms with Crippen LogP contribution in [0, 0.1) is 0 Å². The summed E-state index contributed by atoms with van der Waals surface area (Å²) >= 11 is 0. The molecular formula is C6H13BN2O3. The van der Waals surface area contributed by atoms with Crippen LogP contribution in [0.3, 0.4) is 0 Å². The van der Waals surface area contributed by atoms with Crippen LogP contribution in [0.4, 0.5) is 0 Å². The molecule has 1 saturated heterocycles. The van der Waals surface area contributed by atoms with Crippen LogP contribution < -0.4 is 5.32 Å². The highest BCUT2D eigenvalue weighted by Gasteiger charge is 2.32. The number of piperazine rings is 1. The Kier molecular flexibility index (Phi) is 3.08. The second-order valence-electron chi connectivity index (χ2n) is 2.93. The van der Waals surface area contributed by atoms with Crippen molar-refractivity contribution in [3.05, 3.63) is 0 Å². The number of nitrogens with zero attached hydrogens (tertiary/aromatic N) is 1. The van der Waals surface area contributed by atoms with E-state index in [1.54, 1.807) is 11.6 Å². The lowest BCUT2D eigenvalue weighted by Crippen LogP contribution is -2.59. The van der Waals surface area contributed by atoms with Gasteiger partial charge in [0.05, 0.1) is 0 Å². The molecule has 1 aliphatic heterocycles. The molecule has 0 bridgehead atoms. The third kappa shape index (κ3) is 1.97. The van der Waals surface area contributed by atoms with Crippen LogP contribution >= 0.6 is 0 Å². The monoisotopic (exact) mass is 172 g/mol. The van der Waals surface area contributed by atoms with Crippen molar-refractivity contribution in [3.8, 4) is 0 Å². The summed E-state index contributed by atoms with van der Waals surface area (Å²) in [5, 5.41) is 21.0. The molecule has 0 saturated carbocycles. The molecule has 1 aliphatic rings. The highest BCUT2D eigenvalue weighted by molar-refractivity contribution is 6.45. The topological polar surface area (TPSA) is 72.8 Å². The third-order valence-electron chi connectivity index (χ3n) is 2.05. The van der Waals surface area contributed by atoms with Gasteiger partial charge in [0.2, 0.25) is 0 Å². The Morgan fingerprint density at radius 2 is 2.42 bits per heavy atom. The number of carboxylic acids is 1. The zero-order valence-electron chi connectivity index (χ0n) is 7.03. The van der Waals surface area contributed by atoms with Crippen molar-refractivity contribution in [2.45, 2.75) is 12.9 Å². The molecule has 0 aromatic rings. The molecule has 12 heavy (non-hydrogen) atoms. The fraction of sp³-hybridized carbons (Fsp3) is 0.833. The van der Waals surface area contributed by atoms with Gasteiger partial charge >= 0.3 is 13.0 Å². The van der Waals surface area contributed by atoms with Gasteiger partial charge < -0.3 is 20.3 Å². The zero-order valence-corrected chi connectivity index (χ0v) is 7.03. The van der Waals surface area contributed by atoms with E-state index in [1.807, 2.05) is 0 Å².